The number of nitrogens with one attached hydrogen (secondary N) is 1. The first-order valence-electron chi connectivity index (χ1n) is 12.6. The molecule has 2 fully saturated rings. The first kappa shape index (κ1) is 29.0. The molecule has 0 spiro atoms. The molecule has 0 unspecified atom stereocenters. The Hall–Kier alpha value is -2.50. The fourth-order valence-electron chi connectivity index (χ4n) is 4.89. The number of fused-ring (bicyclic) bond motifs is 1. The number of carbonyl (C=O) groups excluding carboxylic acids is 2. The first-order chi connectivity index (χ1) is 19.1. The van der Waals surface area contributed by atoms with Crippen molar-refractivity contribution in [1.29, 1.82) is 5.41 Å². The van der Waals surface area contributed by atoms with Crippen LogP contribution in [0.25, 0.3) is 0 Å². The number of carbonyl (C=O) groups is 2. The molecule has 0 radical (unpaired) electrons. The molecule has 3 heterocycles. The van der Waals surface area contributed by atoms with Crippen molar-refractivity contribution in [1.82, 2.24) is 4.90 Å². The minimum atomic E-state index is -2.22. The second-order valence-corrected chi connectivity index (χ2v) is 11.9. The number of rotatable bonds is 6. The van der Waals surface area contributed by atoms with Crippen LogP contribution in [-0.2, 0) is 39.9 Å². The van der Waals surface area contributed by atoms with E-state index in [0.29, 0.717) is 0 Å². The topological polar surface area (TPSA) is 107 Å². The summed E-state index contributed by atoms with van der Waals surface area (Å²) in [6.07, 6.45) is -4.69. The summed E-state index contributed by atoms with van der Waals surface area (Å²) in [6, 6.07) is 17.5. The number of hydrogen-bond donors (Lipinski definition) is 1. The maximum Gasteiger partial charge on any atom is 0.265 e. The third-order valence-electron chi connectivity index (χ3n) is 7.10. The molecule has 0 saturated carbocycles. The quantitative estimate of drug-likeness (QED) is 0.216. The SMILES string of the molecule is CC1=C(C)C(=O)N([C@H]2[C@H](OC(=N)C(Cl)(Cl)Cl)O[C@@H]3CO[C@@H](c4ccccc4)O[C@H]3[C@@H]2OCc2ccccc2)C1=O. The molecule has 6 atom stereocenters. The number of benzene rings is 2. The van der Waals surface area contributed by atoms with Gasteiger partial charge in [0.1, 0.15) is 24.4 Å². The van der Waals surface area contributed by atoms with Crippen molar-refractivity contribution < 1.29 is 33.3 Å². The van der Waals surface area contributed by atoms with Gasteiger partial charge in [-0.15, -0.1) is 0 Å². The van der Waals surface area contributed by atoms with Gasteiger partial charge in [0.15, 0.2) is 6.29 Å². The number of hydrogen-bond acceptors (Lipinski definition) is 8. The van der Waals surface area contributed by atoms with Gasteiger partial charge in [-0.05, 0) is 19.4 Å². The van der Waals surface area contributed by atoms with Crippen molar-refractivity contribution in [3.63, 3.8) is 0 Å². The van der Waals surface area contributed by atoms with Crippen molar-refractivity contribution >= 4 is 52.5 Å². The molecule has 40 heavy (non-hydrogen) atoms. The van der Waals surface area contributed by atoms with Gasteiger partial charge in [-0.2, -0.15) is 0 Å². The predicted octanol–water partition coefficient (Wildman–Crippen LogP) is 4.85. The summed E-state index contributed by atoms with van der Waals surface area (Å²) >= 11 is 17.7. The molecular formula is C28H27Cl3N2O7. The molecule has 3 aliphatic heterocycles. The van der Waals surface area contributed by atoms with Gasteiger partial charge in [-0.3, -0.25) is 19.9 Å². The van der Waals surface area contributed by atoms with Gasteiger partial charge in [0, 0.05) is 16.7 Å². The minimum Gasteiger partial charge on any atom is -0.446 e. The second-order valence-electron chi connectivity index (χ2n) is 9.65. The monoisotopic (exact) mass is 608 g/mol. The standard InChI is InChI=1S/C28H27Cl3N2O7/c1-15-16(2)24(35)33(23(15)34)20-22(36-13-17-9-5-3-6-10-17)21-19(38-26(20)40-27(32)28(29,30)31)14-37-25(39-21)18-11-7-4-8-12-18/h3-12,19-22,25-26,32H,13-14H2,1-2H3/t19-,20-,21-,22-,25-,26+/m1/s1. The highest BCUT2D eigenvalue weighted by Crippen LogP contribution is 2.40. The summed E-state index contributed by atoms with van der Waals surface area (Å²) in [7, 11) is 0. The van der Waals surface area contributed by atoms with Gasteiger partial charge < -0.3 is 23.7 Å². The number of ether oxygens (including phenoxy) is 5. The fourth-order valence-corrected chi connectivity index (χ4v) is 5.03. The van der Waals surface area contributed by atoms with Crippen LogP contribution in [0.3, 0.4) is 0 Å². The van der Waals surface area contributed by atoms with Crippen LogP contribution in [0.15, 0.2) is 71.8 Å². The maximum atomic E-state index is 13.4. The molecule has 0 aromatic heterocycles. The van der Waals surface area contributed by atoms with Crippen molar-refractivity contribution in [2.45, 2.75) is 61.2 Å². The minimum absolute atomic E-state index is 0.0707. The Morgan fingerprint density at radius 1 is 0.975 bits per heavy atom. The lowest BCUT2D eigenvalue weighted by Crippen LogP contribution is -2.68. The van der Waals surface area contributed by atoms with Crippen LogP contribution in [-0.4, -0.2) is 63.7 Å². The van der Waals surface area contributed by atoms with E-state index in [1.165, 1.54) is 0 Å². The average Bonchev–Trinajstić information content (AvgIpc) is 3.13. The first-order valence-corrected chi connectivity index (χ1v) is 13.7. The lowest BCUT2D eigenvalue weighted by molar-refractivity contribution is -0.347. The predicted molar refractivity (Wildman–Crippen MR) is 147 cm³/mol. The third-order valence-corrected chi connectivity index (χ3v) is 7.61. The van der Waals surface area contributed by atoms with Crippen LogP contribution in [0.1, 0.15) is 31.3 Å². The van der Waals surface area contributed by atoms with E-state index in [-0.39, 0.29) is 24.4 Å². The number of imide groups is 1. The second kappa shape index (κ2) is 11.8. The highest BCUT2D eigenvalue weighted by atomic mass is 35.6. The summed E-state index contributed by atoms with van der Waals surface area (Å²) in [6.45, 7) is 3.33. The van der Waals surface area contributed by atoms with E-state index in [0.717, 1.165) is 16.0 Å². The molecule has 0 bridgehead atoms. The number of amides is 2. The smallest absolute Gasteiger partial charge is 0.265 e. The molecule has 2 aromatic carbocycles. The Bertz CT molecular complexity index is 1280. The highest BCUT2D eigenvalue weighted by molar-refractivity contribution is 6.76. The van der Waals surface area contributed by atoms with E-state index in [1.807, 2.05) is 60.7 Å². The van der Waals surface area contributed by atoms with Crippen LogP contribution < -0.4 is 0 Å². The lowest BCUT2D eigenvalue weighted by Gasteiger charge is -2.50. The molecule has 2 aromatic rings. The van der Waals surface area contributed by atoms with E-state index in [9.17, 15) is 9.59 Å². The van der Waals surface area contributed by atoms with Crippen molar-refractivity contribution in [2.75, 3.05) is 6.61 Å². The van der Waals surface area contributed by atoms with Gasteiger partial charge in [0.25, 0.3) is 15.6 Å². The zero-order valence-electron chi connectivity index (χ0n) is 21.6. The van der Waals surface area contributed by atoms with E-state index in [4.69, 9.17) is 63.9 Å². The normalized spacial score (nSPS) is 29.0. The average molecular weight is 610 g/mol. The Morgan fingerprint density at radius 2 is 1.57 bits per heavy atom. The Morgan fingerprint density at radius 3 is 2.17 bits per heavy atom. The van der Waals surface area contributed by atoms with Gasteiger partial charge in [-0.25, -0.2) is 0 Å². The maximum absolute atomic E-state index is 13.4. The fraction of sp³-hybridized carbons (Fsp3) is 0.393. The molecule has 0 aliphatic carbocycles. The summed E-state index contributed by atoms with van der Waals surface area (Å²) in [4.78, 5) is 27.8. The molecule has 2 amide bonds. The van der Waals surface area contributed by atoms with Gasteiger partial charge in [0.2, 0.25) is 12.2 Å². The largest absolute Gasteiger partial charge is 0.446 e. The molecule has 9 nitrogen and oxygen atoms in total. The number of halogens is 3. The van der Waals surface area contributed by atoms with E-state index in [2.05, 4.69) is 0 Å². The Balaban J connectivity index is 1.54. The Kier molecular flexibility index (Phi) is 8.54. The summed E-state index contributed by atoms with van der Waals surface area (Å²) in [5.74, 6) is -1.82. The molecule has 12 heteroatoms. The number of alkyl halides is 3. The molecule has 212 valence electrons. The summed E-state index contributed by atoms with van der Waals surface area (Å²) in [5.41, 5.74) is 2.18. The zero-order valence-corrected chi connectivity index (χ0v) is 23.9. The van der Waals surface area contributed by atoms with E-state index >= 15 is 0 Å². The van der Waals surface area contributed by atoms with Crippen LogP contribution in [0, 0.1) is 5.41 Å². The highest BCUT2D eigenvalue weighted by Gasteiger charge is 2.57. The van der Waals surface area contributed by atoms with Crippen LogP contribution in [0.5, 0.6) is 0 Å². The Labute approximate surface area is 246 Å². The van der Waals surface area contributed by atoms with Gasteiger partial charge in [0.05, 0.1) is 13.2 Å². The molecule has 1 N–H and O–H groups in total. The van der Waals surface area contributed by atoms with Crippen molar-refractivity contribution in [3.8, 4) is 0 Å². The zero-order chi connectivity index (χ0) is 28.6. The van der Waals surface area contributed by atoms with Gasteiger partial charge in [-0.1, -0.05) is 95.5 Å². The molecule has 3 aliphatic rings. The van der Waals surface area contributed by atoms with Crippen molar-refractivity contribution in [2.24, 2.45) is 0 Å². The van der Waals surface area contributed by atoms with E-state index < -0.39 is 58.4 Å². The molecule has 5 rings (SSSR count). The molecule has 2 saturated heterocycles. The summed E-state index contributed by atoms with van der Waals surface area (Å²) < 4.78 is 28.4. The lowest BCUT2D eigenvalue weighted by atomic mass is 9.94. The van der Waals surface area contributed by atoms with Crippen molar-refractivity contribution in [3.05, 3.63) is 82.9 Å². The van der Waals surface area contributed by atoms with Gasteiger partial charge >= 0.3 is 0 Å². The molecular weight excluding hydrogens is 583 g/mol. The third kappa shape index (κ3) is 5.78. The van der Waals surface area contributed by atoms with Crippen LogP contribution in [0.4, 0.5) is 0 Å². The van der Waals surface area contributed by atoms with Crippen LogP contribution in [0.2, 0.25) is 0 Å². The summed E-state index contributed by atoms with van der Waals surface area (Å²) in [5, 5.41) is 8.20. The van der Waals surface area contributed by atoms with E-state index in [1.54, 1.807) is 13.8 Å². The van der Waals surface area contributed by atoms with Crippen LogP contribution >= 0.6 is 34.8 Å². The number of nitrogens with zero attached hydrogens (tertiary/aromatic N) is 1.